The molecule has 1 saturated carbocycles. The normalized spacial score (nSPS) is 25.7. The first-order valence-electron chi connectivity index (χ1n) is 7.64. The maximum Gasteiger partial charge on any atom is 0.0615 e. The van der Waals surface area contributed by atoms with E-state index in [9.17, 15) is 0 Å². The summed E-state index contributed by atoms with van der Waals surface area (Å²) in [6.07, 6.45) is 5.34. The van der Waals surface area contributed by atoms with E-state index >= 15 is 0 Å². The van der Waals surface area contributed by atoms with Crippen LogP contribution in [0.15, 0.2) is 0 Å². The zero-order chi connectivity index (χ0) is 14.1. The highest BCUT2D eigenvalue weighted by Crippen LogP contribution is 2.30. The van der Waals surface area contributed by atoms with Crippen LogP contribution in [0.3, 0.4) is 0 Å². The van der Waals surface area contributed by atoms with E-state index < -0.39 is 0 Å². The predicted molar refractivity (Wildman–Crippen MR) is 79.3 cm³/mol. The fraction of sp³-hybridized carbons (Fsp3) is 1.00. The molecule has 0 aromatic carbocycles. The number of hydrogen-bond acceptors (Lipinski definition) is 4. The second-order valence-corrected chi connectivity index (χ2v) is 5.83. The SMILES string of the molecule is COCCN(CC1CCCCC1CN)C(C)COC. The summed E-state index contributed by atoms with van der Waals surface area (Å²) in [6, 6.07) is 0.445. The van der Waals surface area contributed by atoms with Crippen molar-refractivity contribution in [2.24, 2.45) is 17.6 Å². The molecule has 3 unspecified atom stereocenters. The lowest BCUT2D eigenvalue weighted by Gasteiger charge is -2.37. The lowest BCUT2D eigenvalue weighted by molar-refractivity contribution is 0.0510. The molecule has 0 bridgehead atoms. The Labute approximate surface area is 118 Å². The molecule has 0 aliphatic heterocycles. The van der Waals surface area contributed by atoms with Gasteiger partial charge in [-0.2, -0.15) is 0 Å². The van der Waals surface area contributed by atoms with Gasteiger partial charge in [-0.1, -0.05) is 12.8 Å². The van der Waals surface area contributed by atoms with E-state index in [2.05, 4.69) is 11.8 Å². The average Bonchev–Trinajstić information content (AvgIpc) is 2.44. The van der Waals surface area contributed by atoms with Crippen molar-refractivity contribution >= 4 is 0 Å². The summed E-state index contributed by atoms with van der Waals surface area (Å²) in [7, 11) is 3.54. The van der Waals surface area contributed by atoms with Crippen LogP contribution in [-0.4, -0.2) is 58.0 Å². The van der Waals surface area contributed by atoms with Gasteiger partial charge in [0.15, 0.2) is 0 Å². The molecule has 0 heterocycles. The topological polar surface area (TPSA) is 47.7 Å². The van der Waals surface area contributed by atoms with Gasteiger partial charge in [0.05, 0.1) is 13.2 Å². The molecule has 4 heteroatoms. The molecule has 0 radical (unpaired) electrons. The van der Waals surface area contributed by atoms with Gasteiger partial charge in [0.1, 0.15) is 0 Å². The Bertz CT molecular complexity index is 226. The van der Waals surface area contributed by atoms with Gasteiger partial charge in [-0.3, -0.25) is 4.90 Å². The van der Waals surface area contributed by atoms with E-state index in [-0.39, 0.29) is 0 Å². The van der Waals surface area contributed by atoms with Gasteiger partial charge in [0, 0.05) is 33.4 Å². The quantitative estimate of drug-likeness (QED) is 0.694. The van der Waals surface area contributed by atoms with Crippen molar-refractivity contribution in [3.8, 4) is 0 Å². The molecule has 0 aromatic heterocycles. The minimum Gasteiger partial charge on any atom is -0.383 e. The predicted octanol–water partition coefficient (Wildman–Crippen LogP) is 1.73. The lowest BCUT2D eigenvalue weighted by atomic mass is 9.79. The van der Waals surface area contributed by atoms with E-state index in [1.807, 2.05) is 0 Å². The third-order valence-electron chi connectivity index (χ3n) is 4.45. The highest BCUT2D eigenvalue weighted by atomic mass is 16.5. The Balaban J connectivity index is 2.53. The van der Waals surface area contributed by atoms with Crippen LogP contribution >= 0.6 is 0 Å². The number of rotatable bonds is 9. The highest BCUT2D eigenvalue weighted by Gasteiger charge is 2.27. The van der Waals surface area contributed by atoms with Crippen LogP contribution in [0.25, 0.3) is 0 Å². The van der Waals surface area contributed by atoms with Crippen molar-refractivity contribution in [2.75, 3.05) is 47.1 Å². The lowest BCUT2D eigenvalue weighted by Crippen LogP contribution is -2.44. The van der Waals surface area contributed by atoms with Crippen molar-refractivity contribution in [3.63, 3.8) is 0 Å². The van der Waals surface area contributed by atoms with Crippen molar-refractivity contribution in [1.82, 2.24) is 4.90 Å². The molecular weight excluding hydrogens is 240 g/mol. The summed E-state index contributed by atoms with van der Waals surface area (Å²) in [5.41, 5.74) is 5.94. The summed E-state index contributed by atoms with van der Waals surface area (Å²) in [5, 5.41) is 0. The monoisotopic (exact) mass is 272 g/mol. The molecule has 0 aromatic rings. The van der Waals surface area contributed by atoms with E-state index in [0.717, 1.165) is 38.8 Å². The van der Waals surface area contributed by atoms with Crippen LogP contribution in [0.4, 0.5) is 0 Å². The van der Waals surface area contributed by atoms with Gasteiger partial charge >= 0.3 is 0 Å². The molecule has 0 spiro atoms. The molecule has 1 rings (SSSR count). The van der Waals surface area contributed by atoms with Crippen LogP contribution in [-0.2, 0) is 9.47 Å². The summed E-state index contributed by atoms with van der Waals surface area (Å²) in [5.74, 6) is 1.45. The van der Waals surface area contributed by atoms with E-state index in [1.54, 1.807) is 14.2 Å². The molecule has 1 fully saturated rings. The Morgan fingerprint density at radius 2 is 1.84 bits per heavy atom. The van der Waals surface area contributed by atoms with E-state index in [1.165, 1.54) is 25.7 Å². The Hall–Kier alpha value is -0.160. The van der Waals surface area contributed by atoms with Gasteiger partial charge in [-0.15, -0.1) is 0 Å². The summed E-state index contributed by atoms with van der Waals surface area (Å²) < 4.78 is 10.5. The molecule has 3 atom stereocenters. The summed E-state index contributed by atoms with van der Waals surface area (Å²) in [6.45, 7) is 6.75. The third-order valence-corrected chi connectivity index (χ3v) is 4.45. The third kappa shape index (κ3) is 5.78. The molecule has 2 N–H and O–H groups in total. The molecule has 19 heavy (non-hydrogen) atoms. The van der Waals surface area contributed by atoms with Crippen molar-refractivity contribution in [3.05, 3.63) is 0 Å². The molecule has 0 saturated heterocycles. The van der Waals surface area contributed by atoms with Gasteiger partial charge < -0.3 is 15.2 Å². The number of nitrogens with zero attached hydrogens (tertiary/aromatic N) is 1. The molecular formula is C15H32N2O2. The van der Waals surface area contributed by atoms with Crippen molar-refractivity contribution in [1.29, 1.82) is 0 Å². The van der Waals surface area contributed by atoms with Crippen LogP contribution in [0.2, 0.25) is 0 Å². The summed E-state index contributed by atoms with van der Waals surface area (Å²) in [4.78, 5) is 2.51. The second-order valence-electron chi connectivity index (χ2n) is 5.83. The average molecular weight is 272 g/mol. The highest BCUT2D eigenvalue weighted by molar-refractivity contribution is 4.80. The van der Waals surface area contributed by atoms with Gasteiger partial charge in [0.2, 0.25) is 0 Å². The Morgan fingerprint density at radius 1 is 1.16 bits per heavy atom. The van der Waals surface area contributed by atoms with E-state index in [0.29, 0.717) is 12.0 Å². The molecule has 4 nitrogen and oxygen atoms in total. The minimum atomic E-state index is 0.445. The number of methoxy groups -OCH3 is 2. The Morgan fingerprint density at radius 3 is 2.42 bits per heavy atom. The van der Waals surface area contributed by atoms with Crippen molar-refractivity contribution in [2.45, 2.75) is 38.6 Å². The fourth-order valence-electron chi connectivity index (χ4n) is 3.18. The number of nitrogens with two attached hydrogens (primary N) is 1. The minimum absolute atomic E-state index is 0.445. The standard InChI is InChI=1S/C15H32N2O2/c1-13(12-19-3)17(8-9-18-2)11-15-7-5-4-6-14(15)10-16/h13-15H,4-12,16H2,1-3H3. The Kier molecular flexibility index (Phi) is 8.62. The maximum absolute atomic E-state index is 5.94. The van der Waals surface area contributed by atoms with Gasteiger partial charge in [-0.25, -0.2) is 0 Å². The first-order valence-corrected chi connectivity index (χ1v) is 7.64. The van der Waals surface area contributed by atoms with Gasteiger partial charge in [-0.05, 0) is 38.1 Å². The number of hydrogen-bond donors (Lipinski definition) is 1. The molecule has 114 valence electrons. The number of ether oxygens (including phenoxy) is 2. The second kappa shape index (κ2) is 9.70. The molecule has 1 aliphatic rings. The zero-order valence-corrected chi connectivity index (χ0v) is 12.9. The van der Waals surface area contributed by atoms with Crippen LogP contribution in [0.5, 0.6) is 0 Å². The summed E-state index contributed by atoms with van der Waals surface area (Å²) >= 11 is 0. The van der Waals surface area contributed by atoms with Gasteiger partial charge in [0.25, 0.3) is 0 Å². The smallest absolute Gasteiger partial charge is 0.0615 e. The maximum atomic E-state index is 5.94. The fourth-order valence-corrected chi connectivity index (χ4v) is 3.18. The molecule has 1 aliphatic carbocycles. The largest absolute Gasteiger partial charge is 0.383 e. The first-order chi connectivity index (χ1) is 9.22. The first kappa shape index (κ1) is 16.9. The zero-order valence-electron chi connectivity index (χ0n) is 12.9. The van der Waals surface area contributed by atoms with E-state index in [4.69, 9.17) is 15.2 Å². The van der Waals surface area contributed by atoms with Crippen molar-refractivity contribution < 1.29 is 9.47 Å². The van der Waals surface area contributed by atoms with Crippen LogP contribution < -0.4 is 5.73 Å². The molecule has 0 amide bonds. The van der Waals surface area contributed by atoms with Crippen LogP contribution in [0, 0.1) is 11.8 Å². The van der Waals surface area contributed by atoms with Crippen LogP contribution in [0.1, 0.15) is 32.6 Å².